The van der Waals surface area contributed by atoms with Gasteiger partial charge < -0.3 is 20.5 Å². The topological polar surface area (TPSA) is 102 Å². The van der Waals surface area contributed by atoms with Gasteiger partial charge in [-0.1, -0.05) is 18.2 Å². The number of carboxylic acid groups (broad SMARTS) is 1. The van der Waals surface area contributed by atoms with E-state index < -0.39 is 24.5 Å². The number of carbonyl (C=O) groups excluding carboxylic acids is 1. The summed E-state index contributed by atoms with van der Waals surface area (Å²) >= 11 is 0. The van der Waals surface area contributed by atoms with Crippen LogP contribution in [0.5, 0.6) is 0 Å². The van der Waals surface area contributed by atoms with E-state index in [9.17, 15) is 9.59 Å². The Morgan fingerprint density at radius 3 is 2.75 bits per heavy atom. The smallest absolute Gasteiger partial charge is 0.328 e. The fraction of sp³-hybridized carbons (Fsp3) is 0.286. The SMILES string of the molecule is O=C(CCc1c[nH]c2ccccc12)NC(CO)C(=O)O. The average Bonchev–Trinajstić information content (AvgIpc) is 2.85. The Morgan fingerprint density at radius 1 is 1.30 bits per heavy atom. The number of aliphatic hydroxyl groups is 1. The Hall–Kier alpha value is -2.34. The number of fused-ring (bicyclic) bond motifs is 1. The molecule has 0 aliphatic heterocycles. The molecule has 1 amide bonds. The normalized spacial score (nSPS) is 12.2. The molecule has 0 fully saturated rings. The molecule has 0 spiro atoms. The first-order valence-corrected chi connectivity index (χ1v) is 6.30. The van der Waals surface area contributed by atoms with E-state index in [0.29, 0.717) is 6.42 Å². The molecule has 0 saturated heterocycles. The summed E-state index contributed by atoms with van der Waals surface area (Å²) in [6.45, 7) is -0.617. The molecule has 4 N–H and O–H groups in total. The number of hydrogen-bond donors (Lipinski definition) is 4. The highest BCUT2D eigenvalue weighted by molar-refractivity contribution is 5.86. The Bertz CT molecular complexity index is 620. The molecule has 0 aliphatic rings. The second-order valence-electron chi connectivity index (χ2n) is 4.50. The number of aryl methyl sites for hydroxylation is 1. The van der Waals surface area contributed by atoms with E-state index in [2.05, 4.69) is 10.3 Å². The number of carbonyl (C=O) groups is 2. The highest BCUT2D eigenvalue weighted by atomic mass is 16.4. The summed E-state index contributed by atoms with van der Waals surface area (Å²) < 4.78 is 0. The van der Waals surface area contributed by atoms with E-state index in [1.54, 1.807) is 0 Å². The van der Waals surface area contributed by atoms with E-state index in [0.717, 1.165) is 16.5 Å². The number of aliphatic carboxylic acids is 1. The summed E-state index contributed by atoms with van der Waals surface area (Å²) in [5.74, 6) is -1.63. The lowest BCUT2D eigenvalue weighted by atomic mass is 10.1. The third-order valence-electron chi connectivity index (χ3n) is 3.11. The number of aromatic nitrogens is 1. The van der Waals surface area contributed by atoms with Crippen LogP contribution in [0.3, 0.4) is 0 Å². The Labute approximate surface area is 115 Å². The van der Waals surface area contributed by atoms with Crippen molar-refractivity contribution in [3.05, 3.63) is 36.0 Å². The molecular weight excluding hydrogens is 260 g/mol. The van der Waals surface area contributed by atoms with E-state index in [-0.39, 0.29) is 6.42 Å². The predicted octanol–water partition coefficient (Wildman–Crippen LogP) is 0.662. The van der Waals surface area contributed by atoms with Crippen molar-refractivity contribution < 1.29 is 19.8 Å². The number of nitrogens with one attached hydrogen (secondary N) is 2. The molecule has 20 heavy (non-hydrogen) atoms. The van der Waals surface area contributed by atoms with Gasteiger partial charge >= 0.3 is 5.97 Å². The Morgan fingerprint density at radius 2 is 2.05 bits per heavy atom. The summed E-state index contributed by atoms with van der Waals surface area (Å²) in [5.41, 5.74) is 2.01. The maximum absolute atomic E-state index is 11.7. The molecule has 0 aliphatic carbocycles. The molecule has 1 aromatic heterocycles. The summed E-state index contributed by atoms with van der Waals surface area (Å²) in [5, 5.41) is 20.9. The molecular formula is C14H16N2O4. The third-order valence-corrected chi connectivity index (χ3v) is 3.11. The first-order chi connectivity index (χ1) is 9.61. The van der Waals surface area contributed by atoms with Crippen LogP contribution in [0.15, 0.2) is 30.5 Å². The van der Waals surface area contributed by atoms with Gasteiger partial charge in [-0.05, 0) is 18.1 Å². The van der Waals surface area contributed by atoms with Gasteiger partial charge in [0.25, 0.3) is 0 Å². The number of para-hydroxylation sites is 1. The maximum Gasteiger partial charge on any atom is 0.328 e. The largest absolute Gasteiger partial charge is 0.480 e. The first kappa shape index (κ1) is 14.1. The van der Waals surface area contributed by atoms with Gasteiger partial charge in [-0.15, -0.1) is 0 Å². The van der Waals surface area contributed by atoms with Crippen LogP contribution in [-0.4, -0.2) is 39.7 Å². The van der Waals surface area contributed by atoms with Crippen LogP contribution in [0, 0.1) is 0 Å². The second kappa shape index (κ2) is 6.21. The summed E-state index contributed by atoms with van der Waals surface area (Å²) in [7, 11) is 0. The van der Waals surface area contributed by atoms with Crippen molar-refractivity contribution >= 4 is 22.8 Å². The van der Waals surface area contributed by atoms with Gasteiger partial charge in [0, 0.05) is 23.5 Å². The fourth-order valence-corrected chi connectivity index (χ4v) is 2.04. The molecule has 6 heteroatoms. The molecule has 6 nitrogen and oxygen atoms in total. The summed E-state index contributed by atoms with van der Waals surface area (Å²) in [4.78, 5) is 25.5. The van der Waals surface area contributed by atoms with Crippen LogP contribution in [0.4, 0.5) is 0 Å². The zero-order valence-corrected chi connectivity index (χ0v) is 10.8. The standard InChI is InChI=1S/C14H16N2O4/c17-8-12(14(19)20)16-13(18)6-5-9-7-15-11-4-2-1-3-10(9)11/h1-4,7,12,15,17H,5-6,8H2,(H,16,18)(H,19,20). The van der Waals surface area contributed by atoms with E-state index in [4.69, 9.17) is 10.2 Å². The predicted molar refractivity (Wildman–Crippen MR) is 73.3 cm³/mol. The number of benzene rings is 1. The molecule has 0 radical (unpaired) electrons. The fourth-order valence-electron chi connectivity index (χ4n) is 2.04. The van der Waals surface area contributed by atoms with Crippen molar-refractivity contribution in [3.63, 3.8) is 0 Å². The molecule has 0 bridgehead atoms. The Kier molecular flexibility index (Phi) is 4.37. The zero-order valence-electron chi connectivity index (χ0n) is 10.8. The van der Waals surface area contributed by atoms with Gasteiger partial charge in [0.15, 0.2) is 0 Å². The van der Waals surface area contributed by atoms with Crippen molar-refractivity contribution in [2.24, 2.45) is 0 Å². The van der Waals surface area contributed by atoms with Gasteiger partial charge in [0.2, 0.25) is 5.91 Å². The summed E-state index contributed by atoms with van der Waals surface area (Å²) in [6.07, 6.45) is 2.53. The minimum absolute atomic E-state index is 0.172. The number of hydrogen-bond acceptors (Lipinski definition) is 3. The number of rotatable bonds is 6. The van der Waals surface area contributed by atoms with Gasteiger partial charge in [0.05, 0.1) is 6.61 Å². The maximum atomic E-state index is 11.7. The zero-order chi connectivity index (χ0) is 14.5. The van der Waals surface area contributed by atoms with Gasteiger partial charge in [-0.25, -0.2) is 4.79 Å². The van der Waals surface area contributed by atoms with Crippen molar-refractivity contribution in [2.45, 2.75) is 18.9 Å². The molecule has 1 heterocycles. The first-order valence-electron chi connectivity index (χ1n) is 6.30. The van der Waals surface area contributed by atoms with Crippen LogP contribution >= 0.6 is 0 Å². The van der Waals surface area contributed by atoms with Crippen LogP contribution in [0.2, 0.25) is 0 Å². The lowest BCUT2D eigenvalue weighted by molar-refractivity contribution is -0.142. The number of aromatic amines is 1. The molecule has 2 rings (SSSR count). The van der Waals surface area contributed by atoms with Crippen LogP contribution < -0.4 is 5.32 Å². The number of amides is 1. The lowest BCUT2D eigenvalue weighted by Crippen LogP contribution is -2.43. The molecule has 0 saturated carbocycles. The highest BCUT2D eigenvalue weighted by Crippen LogP contribution is 2.18. The van der Waals surface area contributed by atoms with Gasteiger partial charge in [0.1, 0.15) is 6.04 Å². The minimum atomic E-state index is -1.24. The molecule has 1 atom stereocenters. The van der Waals surface area contributed by atoms with Crippen molar-refractivity contribution in [1.82, 2.24) is 10.3 Å². The average molecular weight is 276 g/mol. The molecule has 106 valence electrons. The lowest BCUT2D eigenvalue weighted by Gasteiger charge is -2.11. The number of H-pyrrole nitrogens is 1. The van der Waals surface area contributed by atoms with Gasteiger partial charge in [-0.3, -0.25) is 4.79 Å². The number of aliphatic hydroxyl groups excluding tert-OH is 1. The van der Waals surface area contributed by atoms with E-state index in [1.165, 1.54) is 0 Å². The number of carboxylic acids is 1. The highest BCUT2D eigenvalue weighted by Gasteiger charge is 2.18. The molecule has 1 aromatic carbocycles. The van der Waals surface area contributed by atoms with Crippen molar-refractivity contribution in [2.75, 3.05) is 6.61 Å². The molecule has 2 aromatic rings. The third kappa shape index (κ3) is 3.16. The quantitative estimate of drug-likeness (QED) is 0.622. The molecule has 1 unspecified atom stereocenters. The van der Waals surface area contributed by atoms with Crippen molar-refractivity contribution in [3.8, 4) is 0 Å². The minimum Gasteiger partial charge on any atom is -0.480 e. The van der Waals surface area contributed by atoms with E-state index >= 15 is 0 Å². The van der Waals surface area contributed by atoms with Crippen LogP contribution in [-0.2, 0) is 16.0 Å². The van der Waals surface area contributed by atoms with E-state index in [1.807, 2.05) is 30.5 Å². The van der Waals surface area contributed by atoms with Crippen LogP contribution in [0.1, 0.15) is 12.0 Å². The summed E-state index contributed by atoms with van der Waals surface area (Å²) in [6, 6.07) is 6.52. The van der Waals surface area contributed by atoms with Crippen LogP contribution in [0.25, 0.3) is 10.9 Å². The van der Waals surface area contributed by atoms with Gasteiger partial charge in [-0.2, -0.15) is 0 Å². The monoisotopic (exact) mass is 276 g/mol. The van der Waals surface area contributed by atoms with Crippen molar-refractivity contribution in [1.29, 1.82) is 0 Å². The second-order valence-corrected chi connectivity index (χ2v) is 4.50. The Balaban J connectivity index is 1.95.